The number of ether oxygens (including phenoxy) is 1. The Bertz CT molecular complexity index is 186. The van der Waals surface area contributed by atoms with E-state index < -0.39 is 5.60 Å². The predicted molar refractivity (Wildman–Crippen MR) is 61.9 cm³/mol. The molecule has 1 rings (SSSR count). The molecule has 2 N–H and O–H groups in total. The van der Waals surface area contributed by atoms with E-state index in [0.29, 0.717) is 24.6 Å². The Labute approximate surface area is 93.2 Å². The lowest BCUT2D eigenvalue weighted by Crippen LogP contribution is -2.50. The molecule has 0 amide bonds. The minimum Gasteiger partial charge on any atom is -0.389 e. The van der Waals surface area contributed by atoms with E-state index in [2.05, 4.69) is 19.2 Å². The highest BCUT2D eigenvalue weighted by molar-refractivity contribution is 4.88. The number of hydrogen-bond acceptors (Lipinski definition) is 3. The van der Waals surface area contributed by atoms with E-state index >= 15 is 0 Å². The number of hydrogen-bond donors (Lipinski definition) is 2. The number of methoxy groups -OCH3 is 1. The van der Waals surface area contributed by atoms with Gasteiger partial charge in [0.1, 0.15) is 0 Å². The van der Waals surface area contributed by atoms with Gasteiger partial charge in [-0.05, 0) is 32.1 Å². The zero-order chi connectivity index (χ0) is 11.5. The molecular formula is C12H25NO2. The van der Waals surface area contributed by atoms with Gasteiger partial charge in [0.2, 0.25) is 0 Å². The van der Waals surface area contributed by atoms with E-state index in [0.717, 1.165) is 19.3 Å². The quantitative estimate of drug-likeness (QED) is 0.706. The van der Waals surface area contributed by atoms with Crippen LogP contribution in [0.15, 0.2) is 0 Å². The minimum absolute atomic E-state index is 0.428. The zero-order valence-corrected chi connectivity index (χ0v) is 10.4. The Morgan fingerprint density at radius 3 is 2.53 bits per heavy atom. The summed E-state index contributed by atoms with van der Waals surface area (Å²) in [5, 5.41) is 13.5. The van der Waals surface area contributed by atoms with Crippen LogP contribution in [0.3, 0.4) is 0 Å². The first-order chi connectivity index (χ1) is 6.93. The van der Waals surface area contributed by atoms with Crippen LogP contribution >= 0.6 is 0 Å². The first-order valence-electron chi connectivity index (χ1n) is 5.91. The van der Waals surface area contributed by atoms with E-state index in [1.54, 1.807) is 7.11 Å². The number of aliphatic hydroxyl groups is 1. The van der Waals surface area contributed by atoms with Gasteiger partial charge in [0.05, 0.1) is 11.7 Å². The van der Waals surface area contributed by atoms with Crippen LogP contribution < -0.4 is 5.32 Å². The molecule has 1 unspecified atom stereocenters. The second-order valence-electron chi connectivity index (χ2n) is 5.50. The maximum Gasteiger partial charge on any atom is 0.0746 e. The van der Waals surface area contributed by atoms with Crippen molar-refractivity contribution in [3.8, 4) is 0 Å². The molecule has 0 saturated heterocycles. The van der Waals surface area contributed by atoms with Gasteiger partial charge in [-0.25, -0.2) is 0 Å². The van der Waals surface area contributed by atoms with Crippen molar-refractivity contribution in [3.63, 3.8) is 0 Å². The van der Waals surface area contributed by atoms with Crippen molar-refractivity contribution < 1.29 is 9.84 Å². The molecule has 0 heterocycles. The molecule has 0 aromatic carbocycles. The predicted octanol–water partition coefficient (Wildman–Crippen LogP) is 1.55. The summed E-state index contributed by atoms with van der Waals surface area (Å²) in [5.74, 6) is 0.537. The maximum atomic E-state index is 10.1. The van der Waals surface area contributed by atoms with Crippen LogP contribution in [0.1, 0.15) is 40.0 Å². The standard InChI is InChI=1S/C12H25NO2/c1-9(2)7-12(3,14)8-13-10-5-11(6-10)15-4/h9-11,13-14H,5-8H2,1-4H3. The molecule has 0 spiro atoms. The lowest BCUT2D eigenvalue weighted by molar-refractivity contribution is -0.00241. The fraction of sp³-hybridized carbons (Fsp3) is 1.00. The Morgan fingerprint density at radius 2 is 2.07 bits per heavy atom. The van der Waals surface area contributed by atoms with Gasteiger partial charge in [0, 0.05) is 19.7 Å². The van der Waals surface area contributed by atoms with Gasteiger partial charge >= 0.3 is 0 Å². The highest BCUT2D eigenvalue weighted by atomic mass is 16.5. The fourth-order valence-electron chi connectivity index (χ4n) is 2.24. The van der Waals surface area contributed by atoms with Crippen molar-refractivity contribution in [1.29, 1.82) is 0 Å². The lowest BCUT2D eigenvalue weighted by Gasteiger charge is -2.37. The smallest absolute Gasteiger partial charge is 0.0746 e. The van der Waals surface area contributed by atoms with Gasteiger partial charge in [0.25, 0.3) is 0 Å². The average Bonchev–Trinajstić information content (AvgIpc) is 1.98. The van der Waals surface area contributed by atoms with Crippen molar-refractivity contribution in [2.24, 2.45) is 5.92 Å². The molecule has 1 atom stereocenters. The first kappa shape index (κ1) is 12.9. The summed E-state index contributed by atoms with van der Waals surface area (Å²) in [7, 11) is 1.76. The molecule has 3 nitrogen and oxygen atoms in total. The Kier molecular flexibility index (Phi) is 4.56. The molecule has 0 radical (unpaired) electrons. The van der Waals surface area contributed by atoms with Gasteiger partial charge < -0.3 is 15.2 Å². The molecule has 1 aliphatic rings. The van der Waals surface area contributed by atoms with Crippen molar-refractivity contribution in [2.75, 3.05) is 13.7 Å². The van der Waals surface area contributed by atoms with Crippen LogP contribution in [-0.2, 0) is 4.74 Å². The molecule has 0 aromatic heterocycles. The highest BCUT2D eigenvalue weighted by Gasteiger charge is 2.31. The third-order valence-corrected chi connectivity index (χ3v) is 3.05. The molecule has 1 saturated carbocycles. The summed E-state index contributed by atoms with van der Waals surface area (Å²) >= 11 is 0. The van der Waals surface area contributed by atoms with Crippen molar-refractivity contribution in [3.05, 3.63) is 0 Å². The van der Waals surface area contributed by atoms with Crippen LogP contribution in [0.2, 0.25) is 0 Å². The monoisotopic (exact) mass is 215 g/mol. The highest BCUT2D eigenvalue weighted by Crippen LogP contribution is 2.23. The SMILES string of the molecule is COC1CC(NCC(C)(O)CC(C)C)C1. The second-order valence-corrected chi connectivity index (χ2v) is 5.50. The zero-order valence-electron chi connectivity index (χ0n) is 10.4. The molecule has 0 bridgehead atoms. The fourth-order valence-corrected chi connectivity index (χ4v) is 2.24. The van der Waals surface area contributed by atoms with Crippen LogP contribution in [0.25, 0.3) is 0 Å². The van der Waals surface area contributed by atoms with Gasteiger partial charge in [-0.1, -0.05) is 13.8 Å². The minimum atomic E-state index is -0.577. The molecule has 15 heavy (non-hydrogen) atoms. The van der Waals surface area contributed by atoms with Crippen molar-refractivity contribution in [2.45, 2.75) is 57.8 Å². The van der Waals surface area contributed by atoms with E-state index in [4.69, 9.17) is 4.74 Å². The molecule has 90 valence electrons. The van der Waals surface area contributed by atoms with E-state index in [9.17, 15) is 5.11 Å². The van der Waals surface area contributed by atoms with Gasteiger partial charge in [0.15, 0.2) is 0 Å². The molecule has 1 fully saturated rings. The van der Waals surface area contributed by atoms with Crippen molar-refractivity contribution in [1.82, 2.24) is 5.32 Å². The largest absolute Gasteiger partial charge is 0.389 e. The summed E-state index contributed by atoms with van der Waals surface area (Å²) in [6.45, 7) is 6.87. The summed E-state index contributed by atoms with van der Waals surface area (Å²) in [4.78, 5) is 0. The van der Waals surface area contributed by atoms with Gasteiger partial charge in [-0.2, -0.15) is 0 Å². The van der Waals surface area contributed by atoms with E-state index in [1.807, 2.05) is 6.92 Å². The number of nitrogens with one attached hydrogen (secondary N) is 1. The van der Waals surface area contributed by atoms with Crippen LogP contribution in [-0.4, -0.2) is 36.5 Å². The summed E-state index contributed by atoms with van der Waals surface area (Å²) < 4.78 is 5.21. The second kappa shape index (κ2) is 5.28. The summed E-state index contributed by atoms with van der Waals surface area (Å²) in [6, 6.07) is 0.536. The lowest BCUT2D eigenvalue weighted by atomic mass is 9.87. The molecule has 0 aromatic rings. The van der Waals surface area contributed by atoms with Gasteiger partial charge in [-0.15, -0.1) is 0 Å². The van der Waals surface area contributed by atoms with Crippen LogP contribution in [0, 0.1) is 5.92 Å². The van der Waals surface area contributed by atoms with E-state index in [-0.39, 0.29) is 0 Å². The first-order valence-corrected chi connectivity index (χ1v) is 5.91. The molecule has 0 aliphatic heterocycles. The molecular weight excluding hydrogens is 190 g/mol. The Morgan fingerprint density at radius 1 is 1.47 bits per heavy atom. The molecule has 3 heteroatoms. The Hall–Kier alpha value is -0.120. The van der Waals surface area contributed by atoms with Crippen LogP contribution in [0.4, 0.5) is 0 Å². The third kappa shape index (κ3) is 4.49. The Balaban J connectivity index is 2.14. The number of rotatable bonds is 6. The third-order valence-electron chi connectivity index (χ3n) is 3.05. The van der Waals surface area contributed by atoms with E-state index in [1.165, 1.54) is 0 Å². The summed E-state index contributed by atoms with van der Waals surface area (Å²) in [6.07, 6.45) is 3.43. The normalized spacial score (nSPS) is 30.0. The molecule has 1 aliphatic carbocycles. The topological polar surface area (TPSA) is 41.5 Å². The van der Waals surface area contributed by atoms with Crippen LogP contribution in [0.5, 0.6) is 0 Å². The van der Waals surface area contributed by atoms with Gasteiger partial charge in [-0.3, -0.25) is 0 Å². The van der Waals surface area contributed by atoms with Crippen molar-refractivity contribution >= 4 is 0 Å². The maximum absolute atomic E-state index is 10.1. The summed E-state index contributed by atoms with van der Waals surface area (Å²) in [5.41, 5.74) is -0.577. The average molecular weight is 215 g/mol.